The number of ether oxygens (including phenoxy) is 1. The normalized spacial score (nSPS) is 28.5. The van der Waals surface area contributed by atoms with Gasteiger partial charge in [0.25, 0.3) is 0 Å². The van der Waals surface area contributed by atoms with E-state index in [9.17, 15) is 4.79 Å². The highest BCUT2D eigenvalue weighted by Gasteiger charge is 2.45. The molecule has 1 saturated heterocycles. The minimum Gasteiger partial charge on any atom is -0.469 e. The molecule has 1 aromatic rings. The number of fused-ring (bicyclic) bond motifs is 2. The third-order valence-electron chi connectivity index (χ3n) is 4.66. The smallest absolute Gasteiger partial charge is 0.410 e. The Morgan fingerprint density at radius 1 is 1.50 bits per heavy atom. The molecule has 1 N–H and O–H groups in total. The van der Waals surface area contributed by atoms with Crippen LogP contribution in [0.25, 0.3) is 0 Å². The van der Waals surface area contributed by atoms with Crippen LogP contribution >= 0.6 is 0 Å². The van der Waals surface area contributed by atoms with Crippen LogP contribution in [-0.2, 0) is 16.7 Å². The molecular weight excluding hydrogens is 280 g/mol. The maximum Gasteiger partial charge on any atom is 0.410 e. The van der Waals surface area contributed by atoms with E-state index in [1.807, 2.05) is 25.7 Å². The van der Waals surface area contributed by atoms with E-state index in [1.54, 1.807) is 6.26 Å². The number of likely N-dealkylation sites (tertiary alicyclic amines) is 1. The van der Waals surface area contributed by atoms with E-state index in [4.69, 9.17) is 9.15 Å². The summed E-state index contributed by atoms with van der Waals surface area (Å²) in [5.74, 6) is 1.09. The third-order valence-corrected chi connectivity index (χ3v) is 4.66. The number of nitrogens with zero attached hydrogens (tertiary/aromatic N) is 1. The molecule has 2 atom stereocenters. The summed E-state index contributed by atoms with van der Waals surface area (Å²) in [5, 5.41) is 3.68. The largest absolute Gasteiger partial charge is 0.469 e. The maximum atomic E-state index is 12.4. The van der Waals surface area contributed by atoms with Crippen molar-refractivity contribution in [2.24, 2.45) is 0 Å². The van der Waals surface area contributed by atoms with Gasteiger partial charge in [-0.2, -0.15) is 0 Å². The highest BCUT2D eigenvalue weighted by Crippen LogP contribution is 2.40. The van der Waals surface area contributed by atoms with Crippen LogP contribution in [0.15, 0.2) is 16.7 Å². The van der Waals surface area contributed by atoms with Crippen LogP contribution in [0.1, 0.15) is 51.9 Å². The van der Waals surface area contributed by atoms with Gasteiger partial charge in [-0.3, -0.25) is 0 Å². The zero-order valence-corrected chi connectivity index (χ0v) is 13.9. The van der Waals surface area contributed by atoms with Gasteiger partial charge in [0.2, 0.25) is 0 Å². The number of hydrogen-bond acceptors (Lipinski definition) is 4. The van der Waals surface area contributed by atoms with Gasteiger partial charge in [0.15, 0.2) is 0 Å². The summed E-state index contributed by atoms with van der Waals surface area (Å²) in [7, 11) is 0. The first-order valence-electron chi connectivity index (χ1n) is 8.12. The monoisotopic (exact) mass is 306 g/mol. The zero-order chi connectivity index (χ0) is 16.0. The Hall–Kier alpha value is -1.49. The lowest BCUT2D eigenvalue weighted by Gasteiger charge is -2.47. The number of furan rings is 1. The highest BCUT2D eigenvalue weighted by atomic mass is 16.6. The fourth-order valence-electron chi connectivity index (χ4n) is 3.72. The molecule has 1 fully saturated rings. The predicted octanol–water partition coefficient (Wildman–Crippen LogP) is 3.04. The number of rotatable bonds is 0. The van der Waals surface area contributed by atoms with Gasteiger partial charge in [-0.1, -0.05) is 0 Å². The molecule has 1 spiro atoms. The molecule has 2 unspecified atom stereocenters. The lowest BCUT2D eigenvalue weighted by atomic mass is 9.76. The van der Waals surface area contributed by atoms with E-state index in [1.165, 1.54) is 5.56 Å². The van der Waals surface area contributed by atoms with Crippen LogP contribution in [0, 0.1) is 0 Å². The number of piperidine rings is 1. The SMILES string of the molecule is CC1CC2(CCN1C(=O)OC(C)(C)C)NCCc1occc12. The molecule has 22 heavy (non-hydrogen) atoms. The average Bonchev–Trinajstić information content (AvgIpc) is 2.86. The molecule has 5 heteroatoms. The van der Waals surface area contributed by atoms with Crippen molar-refractivity contribution in [3.8, 4) is 0 Å². The summed E-state index contributed by atoms with van der Waals surface area (Å²) in [4.78, 5) is 14.2. The highest BCUT2D eigenvalue weighted by molar-refractivity contribution is 5.68. The number of nitrogens with one attached hydrogen (secondary N) is 1. The second-order valence-corrected chi connectivity index (χ2v) is 7.49. The van der Waals surface area contributed by atoms with Gasteiger partial charge in [0, 0.05) is 31.1 Å². The van der Waals surface area contributed by atoms with Crippen molar-refractivity contribution in [3.05, 3.63) is 23.7 Å². The van der Waals surface area contributed by atoms with Gasteiger partial charge < -0.3 is 19.4 Å². The van der Waals surface area contributed by atoms with Gasteiger partial charge in [-0.05, 0) is 46.6 Å². The van der Waals surface area contributed by atoms with Crippen LogP contribution < -0.4 is 5.32 Å². The number of amides is 1. The fraction of sp³-hybridized carbons (Fsp3) is 0.706. The van der Waals surface area contributed by atoms with Crippen molar-refractivity contribution >= 4 is 6.09 Å². The Labute approximate surface area is 132 Å². The Kier molecular flexibility index (Phi) is 3.71. The molecule has 3 heterocycles. The van der Waals surface area contributed by atoms with Crippen molar-refractivity contribution in [2.45, 2.75) is 64.1 Å². The van der Waals surface area contributed by atoms with Gasteiger partial charge in [-0.25, -0.2) is 4.79 Å². The third kappa shape index (κ3) is 2.74. The summed E-state index contributed by atoms with van der Waals surface area (Å²) >= 11 is 0. The molecule has 2 aliphatic heterocycles. The Balaban J connectivity index is 1.75. The minimum absolute atomic E-state index is 0.0570. The lowest BCUT2D eigenvalue weighted by Crippen LogP contribution is -2.58. The Morgan fingerprint density at radius 2 is 2.27 bits per heavy atom. The summed E-state index contributed by atoms with van der Waals surface area (Å²) in [6.45, 7) is 9.44. The number of hydrogen-bond donors (Lipinski definition) is 1. The average molecular weight is 306 g/mol. The van der Waals surface area contributed by atoms with Gasteiger partial charge in [-0.15, -0.1) is 0 Å². The van der Waals surface area contributed by atoms with E-state index < -0.39 is 5.60 Å². The first-order chi connectivity index (χ1) is 10.3. The van der Waals surface area contributed by atoms with E-state index >= 15 is 0 Å². The van der Waals surface area contributed by atoms with Crippen LogP contribution in [0.4, 0.5) is 4.79 Å². The molecule has 0 saturated carbocycles. The van der Waals surface area contributed by atoms with Gasteiger partial charge in [0.05, 0.1) is 11.8 Å². The first kappa shape index (κ1) is 15.4. The van der Waals surface area contributed by atoms with E-state index in [-0.39, 0.29) is 17.7 Å². The molecule has 0 aromatic carbocycles. The molecule has 1 amide bonds. The van der Waals surface area contributed by atoms with E-state index in [0.717, 1.165) is 31.6 Å². The number of carbonyl (C=O) groups excluding carboxylic acids is 1. The molecule has 1 aromatic heterocycles. The van der Waals surface area contributed by atoms with Crippen molar-refractivity contribution in [2.75, 3.05) is 13.1 Å². The molecule has 0 radical (unpaired) electrons. The topological polar surface area (TPSA) is 54.7 Å². The van der Waals surface area contributed by atoms with E-state index in [2.05, 4.69) is 18.3 Å². The number of carbonyl (C=O) groups is 1. The van der Waals surface area contributed by atoms with Crippen LogP contribution in [0.2, 0.25) is 0 Å². The molecular formula is C17H26N2O3. The minimum atomic E-state index is -0.452. The van der Waals surface area contributed by atoms with Crippen molar-refractivity contribution in [1.29, 1.82) is 0 Å². The summed E-state index contributed by atoms with van der Waals surface area (Å²) in [6.07, 6.45) is 4.29. The summed E-state index contributed by atoms with van der Waals surface area (Å²) in [5.41, 5.74) is 0.764. The van der Waals surface area contributed by atoms with Crippen LogP contribution in [0.3, 0.4) is 0 Å². The first-order valence-corrected chi connectivity index (χ1v) is 8.12. The van der Waals surface area contributed by atoms with Crippen molar-refractivity contribution in [1.82, 2.24) is 10.2 Å². The van der Waals surface area contributed by atoms with Crippen LogP contribution in [-0.4, -0.2) is 35.7 Å². The molecule has 122 valence electrons. The molecule has 0 bridgehead atoms. The fourth-order valence-corrected chi connectivity index (χ4v) is 3.72. The molecule has 3 rings (SSSR count). The molecule has 2 aliphatic rings. The standard InChI is InChI=1S/C17H26N2O3/c1-12-11-17(13-6-10-21-14(13)5-8-18-17)7-9-19(12)15(20)22-16(2,3)4/h6,10,12,18H,5,7-9,11H2,1-4H3. The maximum absolute atomic E-state index is 12.4. The summed E-state index contributed by atoms with van der Waals surface area (Å²) in [6, 6.07) is 2.22. The van der Waals surface area contributed by atoms with Crippen LogP contribution in [0.5, 0.6) is 0 Å². The zero-order valence-electron chi connectivity index (χ0n) is 13.9. The molecule has 5 nitrogen and oxygen atoms in total. The second kappa shape index (κ2) is 5.30. The predicted molar refractivity (Wildman–Crippen MR) is 83.7 cm³/mol. The Morgan fingerprint density at radius 3 is 2.95 bits per heavy atom. The van der Waals surface area contributed by atoms with Gasteiger partial charge >= 0.3 is 6.09 Å². The quantitative estimate of drug-likeness (QED) is 0.800. The summed E-state index contributed by atoms with van der Waals surface area (Å²) < 4.78 is 11.1. The van der Waals surface area contributed by atoms with Gasteiger partial charge in [0.1, 0.15) is 11.4 Å². The van der Waals surface area contributed by atoms with Crippen molar-refractivity contribution in [3.63, 3.8) is 0 Å². The molecule has 0 aliphatic carbocycles. The van der Waals surface area contributed by atoms with Crippen molar-refractivity contribution < 1.29 is 13.9 Å². The van der Waals surface area contributed by atoms with E-state index in [0.29, 0.717) is 6.54 Å². The Bertz CT molecular complexity index is 560. The second-order valence-electron chi connectivity index (χ2n) is 7.49. The lowest BCUT2D eigenvalue weighted by molar-refractivity contribution is 0.000232.